The van der Waals surface area contributed by atoms with Gasteiger partial charge in [0, 0.05) is 0 Å². The number of carbonyl (C=O) groups excluding carboxylic acids is 1. The molecule has 2 aliphatic rings. The number of fused-ring (bicyclic) bond motifs is 1. The maximum atomic E-state index is 11.6. The van der Waals surface area contributed by atoms with Gasteiger partial charge in [0.2, 0.25) is 0 Å². The number of aliphatic hydroxyl groups is 1. The first-order valence-corrected chi connectivity index (χ1v) is 6.72. The van der Waals surface area contributed by atoms with Gasteiger partial charge in [-0.15, -0.1) is 6.58 Å². The number of allylic oxidation sites excluding steroid dienone is 1. The van der Waals surface area contributed by atoms with Crippen LogP contribution in [0.25, 0.3) is 0 Å². The highest BCUT2D eigenvalue weighted by atomic mass is 16.5. The molecule has 0 aromatic heterocycles. The van der Waals surface area contributed by atoms with Crippen LogP contribution in [0, 0.1) is 11.8 Å². The molecule has 3 nitrogen and oxygen atoms in total. The second kappa shape index (κ2) is 5.27. The molecular weight excluding hydrogens is 228 g/mol. The van der Waals surface area contributed by atoms with Gasteiger partial charge in [-0.05, 0) is 50.0 Å². The minimum Gasteiger partial charge on any atom is -0.469 e. The smallest absolute Gasteiger partial charge is 0.308 e. The van der Waals surface area contributed by atoms with E-state index < -0.39 is 5.60 Å². The third kappa shape index (κ3) is 2.37. The number of hydrogen-bond donors (Lipinski definition) is 1. The number of rotatable bonds is 3. The first-order valence-electron chi connectivity index (χ1n) is 6.72. The van der Waals surface area contributed by atoms with E-state index in [-0.39, 0.29) is 11.9 Å². The number of esters is 1. The molecule has 0 aromatic rings. The van der Waals surface area contributed by atoms with Crippen molar-refractivity contribution in [1.82, 2.24) is 0 Å². The van der Waals surface area contributed by atoms with Gasteiger partial charge < -0.3 is 9.84 Å². The van der Waals surface area contributed by atoms with E-state index in [1.165, 1.54) is 7.11 Å². The minimum atomic E-state index is -0.717. The summed E-state index contributed by atoms with van der Waals surface area (Å²) in [5.41, 5.74) is 0.417. The van der Waals surface area contributed by atoms with Crippen molar-refractivity contribution in [3.8, 4) is 0 Å². The van der Waals surface area contributed by atoms with Gasteiger partial charge in [-0.1, -0.05) is 12.2 Å². The molecule has 1 saturated carbocycles. The summed E-state index contributed by atoms with van der Waals surface area (Å²) in [6, 6.07) is 0. The summed E-state index contributed by atoms with van der Waals surface area (Å²) in [5.74, 6) is 0.180. The quantitative estimate of drug-likeness (QED) is 0.618. The molecule has 0 bridgehead atoms. The molecule has 1 N–H and O–H groups in total. The molecule has 0 heterocycles. The average Bonchev–Trinajstić information content (AvgIpc) is 2.38. The fourth-order valence-corrected chi connectivity index (χ4v) is 3.45. The molecular formula is C15H22O3. The Labute approximate surface area is 109 Å². The molecule has 1 fully saturated rings. The highest BCUT2D eigenvalue weighted by molar-refractivity contribution is 5.72. The lowest BCUT2D eigenvalue weighted by atomic mass is 9.66. The first kappa shape index (κ1) is 13.3. The van der Waals surface area contributed by atoms with Crippen LogP contribution >= 0.6 is 0 Å². The summed E-state index contributed by atoms with van der Waals surface area (Å²) in [6.07, 6.45) is 8.87. The Bertz CT molecular complexity index is 372. The topological polar surface area (TPSA) is 46.5 Å². The lowest BCUT2D eigenvalue weighted by molar-refractivity contribution is -0.146. The predicted molar refractivity (Wildman–Crippen MR) is 69.9 cm³/mol. The van der Waals surface area contributed by atoms with Crippen molar-refractivity contribution in [2.24, 2.45) is 11.8 Å². The van der Waals surface area contributed by atoms with Crippen molar-refractivity contribution in [3.63, 3.8) is 0 Å². The van der Waals surface area contributed by atoms with Crippen LogP contribution in [-0.4, -0.2) is 23.8 Å². The average molecular weight is 250 g/mol. The largest absolute Gasteiger partial charge is 0.469 e. The molecule has 2 rings (SSSR count). The molecule has 0 amide bonds. The number of hydrogen-bond acceptors (Lipinski definition) is 3. The van der Waals surface area contributed by atoms with Gasteiger partial charge in [-0.25, -0.2) is 0 Å². The van der Waals surface area contributed by atoms with Crippen LogP contribution in [0.15, 0.2) is 24.3 Å². The van der Waals surface area contributed by atoms with Crippen LogP contribution in [0.1, 0.15) is 38.5 Å². The third-order valence-corrected chi connectivity index (χ3v) is 4.33. The lowest BCUT2D eigenvalue weighted by Gasteiger charge is -2.42. The van der Waals surface area contributed by atoms with E-state index in [1.807, 2.05) is 0 Å². The van der Waals surface area contributed by atoms with E-state index >= 15 is 0 Å². The molecule has 2 aliphatic carbocycles. The molecule has 3 atom stereocenters. The van der Waals surface area contributed by atoms with Crippen LogP contribution in [0.5, 0.6) is 0 Å². The zero-order valence-electron chi connectivity index (χ0n) is 11.0. The summed E-state index contributed by atoms with van der Waals surface area (Å²) < 4.78 is 4.82. The van der Waals surface area contributed by atoms with E-state index in [1.54, 1.807) is 6.08 Å². The monoisotopic (exact) mass is 250 g/mol. The Hall–Kier alpha value is -1.09. The van der Waals surface area contributed by atoms with E-state index in [0.717, 1.165) is 31.3 Å². The van der Waals surface area contributed by atoms with Crippen molar-refractivity contribution in [2.45, 2.75) is 44.1 Å². The summed E-state index contributed by atoms with van der Waals surface area (Å²) >= 11 is 0. The molecule has 0 saturated heterocycles. The van der Waals surface area contributed by atoms with Crippen LogP contribution in [0.2, 0.25) is 0 Å². The number of carbonyl (C=O) groups is 1. The van der Waals surface area contributed by atoms with Crippen molar-refractivity contribution in [2.75, 3.05) is 7.11 Å². The predicted octanol–water partition coefficient (Wildman–Crippen LogP) is 2.60. The molecule has 0 spiro atoms. The Morgan fingerprint density at radius 3 is 3.17 bits per heavy atom. The summed E-state index contributed by atoms with van der Waals surface area (Å²) in [6.45, 7) is 3.73. The van der Waals surface area contributed by atoms with Crippen molar-refractivity contribution in [1.29, 1.82) is 0 Å². The lowest BCUT2D eigenvalue weighted by Crippen LogP contribution is -2.40. The maximum absolute atomic E-state index is 11.6. The standard InChI is InChI=1S/C15H22O3/c1-3-8-15(17)9-4-5-11-10-12(14(16)18-2)6-7-13(11)15/h3,7,11-12,17H,1,4-6,8-10H2,2H3. The SMILES string of the molecule is C=CCC1(O)CCCC2CC(C(=O)OC)CC=C21. The zero-order valence-corrected chi connectivity index (χ0v) is 11.0. The van der Waals surface area contributed by atoms with E-state index in [4.69, 9.17) is 4.74 Å². The molecule has 3 heteroatoms. The van der Waals surface area contributed by atoms with Gasteiger partial charge >= 0.3 is 5.97 Å². The Balaban J connectivity index is 2.18. The Morgan fingerprint density at radius 1 is 1.72 bits per heavy atom. The van der Waals surface area contributed by atoms with E-state index in [2.05, 4.69) is 12.7 Å². The van der Waals surface area contributed by atoms with Crippen LogP contribution in [0.3, 0.4) is 0 Å². The first-order chi connectivity index (χ1) is 8.60. The normalized spacial score (nSPS) is 35.3. The highest BCUT2D eigenvalue weighted by Crippen LogP contribution is 2.45. The second-order valence-corrected chi connectivity index (χ2v) is 5.46. The van der Waals surface area contributed by atoms with Crippen LogP contribution in [-0.2, 0) is 9.53 Å². The van der Waals surface area contributed by atoms with Crippen LogP contribution < -0.4 is 0 Å². The van der Waals surface area contributed by atoms with Gasteiger partial charge in [0.05, 0.1) is 18.6 Å². The molecule has 100 valence electrons. The molecule has 0 radical (unpaired) electrons. The third-order valence-electron chi connectivity index (χ3n) is 4.33. The molecule has 18 heavy (non-hydrogen) atoms. The zero-order chi connectivity index (χ0) is 13.2. The fraction of sp³-hybridized carbons (Fsp3) is 0.667. The molecule has 0 aromatic carbocycles. The Kier molecular flexibility index (Phi) is 3.91. The van der Waals surface area contributed by atoms with Gasteiger partial charge in [0.15, 0.2) is 0 Å². The van der Waals surface area contributed by atoms with Gasteiger partial charge in [-0.3, -0.25) is 4.79 Å². The van der Waals surface area contributed by atoms with E-state index in [9.17, 15) is 9.90 Å². The van der Waals surface area contributed by atoms with Crippen molar-refractivity contribution < 1.29 is 14.6 Å². The highest BCUT2D eigenvalue weighted by Gasteiger charge is 2.41. The maximum Gasteiger partial charge on any atom is 0.308 e. The number of methoxy groups -OCH3 is 1. The summed E-state index contributed by atoms with van der Waals surface area (Å²) in [5, 5.41) is 10.7. The summed E-state index contributed by atoms with van der Waals surface area (Å²) in [4.78, 5) is 11.6. The van der Waals surface area contributed by atoms with Gasteiger partial charge in [-0.2, -0.15) is 0 Å². The van der Waals surface area contributed by atoms with Crippen molar-refractivity contribution >= 4 is 5.97 Å². The Morgan fingerprint density at radius 2 is 2.50 bits per heavy atom. The van der Waals surface area contributed by atoms with E-state index in [0.29, 0.717) is 18.8 Å². The minimum absolute atomic E-state index is 0.0326. The number of ether oxygens (including phenoxy) is 1. The van der Waals surface area contributed by atoms with Crippen molar-refractivity contribution in [3.05, 3.63) is 24.3 Å². The van der Waals surface area contributed by atoms with Gasteiger partial charge in [0.25, 0.3) is 0 Å². The fourth-order valence-electron chi connectivity index (χ4n) is 3.45. The van der Waals surface area contributed by atoms with Gasteiger partial charge in [0.1, 0.15) is 0 Å². The molecule has 3 unspecified atom stereocenters. The summed E-state index contributed by atoms with van der Waals surface area (Å²) in [7, 11) is 1.44. The second-order valence-electron chi connectivity index (χ2n) is 5.46. The van der Waals surface area contributed by atoms with Crippen LogP contribution in [0.4, 0.5) is 0 Å². The molecule has 0 aliphatic heterocycles.